The van der Waals surface area contributed by atoms with Crippen LogP contribution in [0.2, 0.25) is 0 Å². The summed E-state index contributed by atoms with van der Waals surface area (Å²) < 4.78 is 41.7. The van der Waals surface area contributed by atoms with Gasteiger partial charge in [-0.15, -0.1) is 11.8 Å². The third kappa shape index (κ3) is 5.16. The van der Waals surface area contributed by atoms with Gasteiger partial charge in [0.1, 0.15) is 12.4 Å². The van der Waals surface area contributed by atoms with Crippen LogP contribution in [0.5, 0.6) is 0 Å². The Bertz CT molecular complexity index is 974. The molecule has 0 N–H and O–H groups in total. The van der Waals surface area contributed by atoms with Gasteiger partial charge in [-0.3, -0.25) is 9.10 Å². The van der Waals surface area contributed by atoms with Crippen molar-refractivity contribution in [2.24, 2.45) is 0 Å². The number of benzene rings is 2. The Hall–Kier alpha value is -2.06. The van der Waals surface area contributed by atoms with Gasteiger partial charge in [0.15, 0.2) is 0 Å². The number of anilines is 1. The van der Waals surface area contributed by atoms with Crippen molar-refractivity contribution < 1.29 is 17.6 Å². The maximum Gasteiger partial charge on any atom is 0.264 e. The van der Waals surface area contributed by atoms with Gasteiger partial charge in [0.05, 0.1) is 10.6 Å². The minimum Gasteiger partial charge on any atom is -0.341 e. The molecule has 162 valence electrons. The predicted molar refractivity (Wildman–Crippen MR) is 119 cm³/mol. The number of carbonyl (C=O) groups excluding carboxylic acids is 1. The van der Waals surface area contributed by atoms with Crippen molar-refractivity contribution in [1.82, 2.24) is 4.90 Å². The number of likely N-dealkylation sites (N-methyl/N-ethyl adjacent to an activating group) is 1. The smallest absolute Gasteiger partial charge is 0.264 e. The summed E-state index contributed by atoms with van der Waals surface area (Å²) in [5.74, 6) is -0.853. The van der Waals surface area contributed by atoms with E-state index in [-0.39, 0.29) is 29.1 Å². The van der Waals surface area contributed by atoms with Crippen molar-refractivity contribution in [3.63, 3.8) is 0 Å². The average Bonchev–Trinajstić information content (AvgIpc) is 2.77. The van der Waals surface area contributed by atoms with Crippen molar-refractivity contribution in [1.29, 1.82) is 0 Å². The van der Waals surface area contributed by atoms with Crippen LogP contribution in [-0.2, 0) is 14.8 Å². The van der Waals surface area contributed by atoms with Gasteiger partial charge in [-0.05, 0) is 61.6 Å². The van der Waals surface area contributed by atoms with Gasteiger partial charge in [0, 0.05) is 18.0 Å². The SMILES string of the molecule is CSc1ccc(S(=O)(=O)N(CC(=O)N(C)C2CCCCC2)c2cccc(F)c2)cc1. The van der Waals surface area contributed by atoms with Crippen molar-refractivity contribution in [2.75, 3.05) is 24.2 Å². The molecule has 0 heterocycles. The van der Waals surface area contributed by atoms with Crippen LogP contribution in [0.15, 0.2) is 58.3 Å². The van der Waals surface area contributed by atoms with Gasteiger partial charge in [0.2, 0.25) is 5.91 Å². The highest BCUT2D eigenvalue weighted by Crippen LogP contribution is 2.27. The molecule has 1 aliphatic carbocycles. The standard InChI is InChI=1S/C22H27FN2O3S2/c1-24(18-8-4-3-5-9-18)22(26)16-25(19-10-6-7-17(23)15-19)30(27,28)21-13-11-20(29-2)12-14-21/h6-7,10-15,18H,3-5,8-9,16H2,1-2H3. The topological polar surface area (TPSA) is 57.7 Å². The third-order valence-electron chi connectivity index (χ3n) is 5.54. The first kappa shape index (κ1) is 22.6. The summed E-state index contributed by atoms with van der Waals surface area (Å²) in [6.45, 7) is -0.372. The van der Waals surface area contributed by atoms with Crippen LogP contribution in [0, 0.1) is 5.82 Å². The predicted octanol–water partition coefficient (Wildman–Crippen LogP) is 4.53. The Balaban J connectivity index is 1.92. The number of nitrogens with zero attached hydrogens (tertiary/aromatic N) is 2. The summed E-state index contributed by atoms with van der Waals surface area (Å²) in [5.41, 5.74) is 0.134. The van der Waals surface area contributed by atoms with Crippen molar-refractivity contribution in [2.45, 2.75) is 47.9 Å². The monoisotopic (exact) mass is 450 g/mol. The Morgan fingerprint density at radius 3 is 2.37 bits per heavy atom. The van der Waals surface area contributed by atoms with E-state index in [0.29, 0.717) is 0 Å². The lowest BCUT2D eigenvalue weighted by Crippen LogP contribution is -2.46. The van der Waals surface area contributed by atoms with E-state index < -0.39 is 15.8 Å². The van der Waals surface area contributed by atoms with E-state index in [4.69, 9.17) is 0 Å². The molecule has 0 spiro atoms. The molecular weight excluding hydrogens is 423 g/mol. The second-order valence-electron chi connectivity index (χ2n) is 7.46. The quantitative estimate of drug-likeness (QED) is 0.582. The number of amides is 1. The summed E-state index contributed by atoms with van der Waals surface area (Å²) in [6, 6.07) is 11.9. The highest BCUT2D eigenvalue weighted by Gasteiger charge is 2.30. The molecule has 1 aliphatic rings. The largest absolute Gasteiger partial charge is 0.341 e. The summed E-state index contributed by atoms with van der Waals surface area (Å²) in [7, 11) is -2.32. The summed E-state index contributed by atoms with van der Waals surface area (Å²) >= 11 is 1.51. The second-order valence-corrected chi connectivity index (χ2v) is 10.2. The molecule has 0 bridgehead atoms. The summed E-state index contributed by atoms with van der Waals surface area (Å²) in [4.78, 5) is 15.7. The third-order valence-corrected chi connectivity index (χ3v) is 8.07. The minimum absolute atomic E-state index is 0.0673. The lowest BCUT2D eigenvalue weighted by molar-refractivity contribution is -0.130. The van der Waals surface area contributed by atoms with E-state index in [2.05, 4.69) is 0 Å². The number of sulfonamides is 1. The highest BCUT2D eigenvalue weighted by molar-refractivity contribution is 7.98. The van der Waals surface area contributed by atoms with E-state index in [9.17, 15) is 17.6 Å². The van der Waals surface area contributed by atoms with Crippen molar-refractivity contribution in [3.8, 4) is 0 Å². The lowest BCUT2D eigenvalue weighted by atomic mass is 9.94. The zero-order valence-electron chi connectivity index (χ0n) is 17.3. The molecule has 0 radical (unpaired) electrons. The summed E-state index contributed by atoms with van der Waals surface area (Å²) in [5, 5.41) is 0. The van der Waals surface area contributed by atoms with Crippen LogP contribution in [0.3, 0.4) is 0 Å². The number of hydrogen-bond acceptors (Lipinski definition) is 4. The molecule has 2 aromatic carbocycles. The van der Waals surface area contributed by atoms with Crippen LogP contribution in [0.4, 0.5) is 10.1 Å². The Kier molecular flexibility index (Phi) is 7.41. The lowest BCUT2D eigenvalue weighted by Gasteiger charge is -2.33. The first-order chi connectivity index (χ1) is 14.3. The first-order valence-corrected chi connectivity index (χ1v) is 12.7. The van der Waals surface area contributed by atoms with Gasteiger partial charge in [-0.25, -0.2) is 12.8 Å². The van der Waals surface area contributed by atoms with Gasteiger partial charge in [0.25, 0.3) is 10.0 Å². The zero-order valence-corrected chi connectivity index (χ0v) is 18.9. The number of halogens is 1. The molecule has 1 amide bonds. The Morgan fingerprint density at radius 1 is 1.10 bits per heavy atom. The molecule has 5 nitrogen and oxygen atoms in total. The fraction of sp³-hybridized carbons (Fsp3) is 0.409. The highest BCUT2D eigenvalue weighted by atomic mass is 32.2. The molecule has 0 saturated heterocycles. The summed E-state index contributed by atoms with van der Waals surface area (Å²) in [6.07, 6.45) is 7.04. The normalized spacial score (nSPS) is 15.0. The molecule has 0 aliphatic heterocycles. The molecule has 3 rings (SSSR count). The second kappa shape index (κ2) is 9.83. The average molecular weight is 451 g/mol. The maximum atomic E-state index is 13.9. The molecule has 1 fully saturated rings. The molecule has 0 atom stereocenters. The molecule has 30 heavy (non-hydrogen) atoms. The molecule has 1 saturated carbocycles. The van der Waals surface area contributed by atoms with Gasteiger partial charge >= 0.3 is 0 Å². The number of carbonyl (C=O) groups is 1. The van der Waals surface area contributed by atoms with E-state index in [1.807, 2.05) is 6.26 Å². The van der Waals surface area contributed by atoms with Crippen LogP contribution >= 0.6 is 11.8 Å². The van der Waals surface area contributed by atoms with Gasteiger partial charge in [-0.2, -0.15) is 0 Å². The number of hydrogen-bond donors (Lipinski definition) is 0. The fourth-order valence-electron chi connectivity index (χ4n) is 3.73. The minimum atomic E-state index is -4.05. The van der Waals surface area contributed by atoms with Crippen LogP contribution in [-0.4, -0.2) is 45.1 Å². The first-order valence-electron chi connectivity index (χ1n) is 10.0. The van der Waals surface area contributed by atoms with Crippen molar-refractivity contribution >= 4 is 33.4 Å². The number of thioether (sulfide) groups is 1. The number of rotatable bonds is 7. The maximum absolute atomic E-state index is 13.9. The van der Waals surface area contributed by atoms with E-state index in [0.717, 1.165) is 47.4 Å². The fourth-order valence-corrected chi connectivity index (χ4v) is 5.54. The van der Waals surface area contributed by atoms with E-state index in [1.165, 1.54) is 42.1 Å². The van der Waals surface area contributed by atoms with Gasteiger partial charge in [-0.1, -0.05) is 25.3 Å². The van der Waals surface area contributed by atoms with Gasteiger partial charge < -0.3 is 4.90 Å². The molecule has 0 unspecified atom stereocenters. The molecular formula is C22H27FN2O3S2. The molecule has 8 heteroatoms. The van der Waals surface area contributed by atoms with Crippen LogP contribution in [0.25, 0.3) is 0 Å². The zero-order chi connectivity index (χ0) is 21.7. The Morgan fingerprint density at radius 2 is 1.77 bits per heavy atom. The Labute approximate surface area is 182 Å². The van der Waals surface area contributed by atoms with E-state index in [1.54, 1.807) is 24.1 Å². The molecule has 2 aromatic rings. The van der Waals surface area contributed by atoms with Crippen molar-refractivity contribution in [3.05, 3.63) is 54.3 Å². The van der Waals surface area contributed by atoms with Crippen LogP contribution in [0.1, 0.15) is 32.1 Å². The van der Waals surface area contributed by atoms with Crippen LogP contribution < -0.4 is 4.31 Å². The molecule has 0 aromatic heterocycles. The van der Waals surface area contributed by atoms with E-state index >= 15 is 0 Å².